The molecule has 0 aliphatic carbocycles. The van der Waals surface area contributed by atoms with Crippen LogP contribution >= 0.6 is 0 Å². The van der Waals surface area contributed by atoms with E-state index < -0.39 is 0 Å². The summed E-state index contributed by atoms with van der Waals surface area (Å²) in [5, 5.41) is 0. The van der Waals surface area contributed by atoms with Crippen molar-refractivity contribution in [3.63, 3.8) is 0 Å². The number of primary amides is 1. The Morgan fingerprint density at radius 2 is 2.00 bits per heavy atom. The quantitative estimate of drug-likeness (QED) is 0.721. The smallest absolute Gasteiger partial charge is 0.231 e. The van der Waals surface area contributed by atoms with Gasteiger partial charge in [-0.3, -0.25) is 9.69 Å². The Balaban J connectivity index is 2.65. The van der Waals surface area contributed by atoms with E-state index in [1.165, 1.54) is 0 Å². The van der Waals surface area contributed by atoms with Gasteiger partial charge in [-0.2, -0.15) is 0 Å². The van der Waals surface area contributed by atoms with Crippen LogP contribution in [0.2, 0.25) is 0 Å². The lowest BCUT2D eigenvalue weighted by Crippen LogP contribution is -2.34. The van der Waals surface area contributed by atoms with Crippen LogP contribution in [0.15, 0.2) is 24.3 Å². The van der Waals surface area contributed by atoms with Gasteiger partial charge >= 0.3 is 0 Å². The SMILES string of the molecule is CC(C)CCN(CC(N)=O)Cc1ccccc1N. The van der Waals surface area contributed by atoms with Gasteiger partial charge in [0, 0.05) is 12.2 Å². The normalized spacial score (nSPS) is 11.1. The first-order valence-corrected chi connectivity index (χ1v) is 6.33. The van der Waals surface area contributed by atoms with Crippen molar-refractivity contribution in [2.24, 2.45) is 11.7 Å². The minimum absolute atomic E-state index is 0.279. The molecule has 1 aromatic rings. The summed E-state index contributed by atoms with van der Waals surface area (Å²) < 4.78 is 0. The molecule has 4 N–H and O–H groups in total. The lowest BCUT2D eigenvalue weighted by molar-refractivity contribution is -0.119. The van der Waals surface area contributed by atoms with Gasteiger partial charge in [-0.1, -0.05) is 32.0 Å². The van der Waals surface area contributed by atoms with Gasteiger partial charge in [-0.25, -0.2) is 0 Å². The molecule has 0 unspecified atom stereocenters. The van der Waals surface area contributed by atoms with Crippen LogP contribution in [-0.4, -0.2) is 23.9 Å². The fraction of sp³-hybridized carbons (Fsp3) is 0.500. The highest BCUT2D eigenvalue weighted by Crippen LogP contribution is 2.14. The largest absolute Gasteiger partial charge is 0.398 e. The Bertz CT molecular complexity index is 390. The molecule has 1 rings (SSSR count). The molecule has 0 saturated carbocycles. The van der Waals surface area contributed by atoms with Crippen molar-refractivity contribution in [1.82, 2.24) is 4.90 Å². The number of hydrogen-bond acceptors (Lipinski definition) is 3. The standard InChI is InChI=1S/C14H23N3O/c1-11(2)7-8-17(10-14(16)18)9-12-5-3-4-6-13(12)15/h3-6,11H,7-10,15H2,1-2H3,(H2,16,18). The topological polar surface area (TPSA) is 72.3 Å². The molecule has 0 heterocycles. The van der Waals surface area contributed by atoms with Crippen LogP contribution < -0.4 is 11.5 Å². The second-order valence-electron chi connectivity index (χ2n) is 5.06. The van der Waals surface area contributed by atoms with E-state index in [0.29, 0.717) is 12.5 Å². The number of carbonyl (C=O) groups excluding carboxylic acids is 1. The Labute approximate surface area is 109 Å². The van der Waals surface area contributed by atoms with Crippen molar-refractivity contribution in [2.75, 3.05) is 18.8 Å². The average Bonchev–Trinajstić information content (AvgIpc) is 2.28. The summed E-state index contributed by atoms with van der Waals surface area (Å²) in [6.07, 6.45) is 1.04. The van der Waals surface area contributed by atoms with E-state index in [1.807, 2.05) is 29.2 Å². The molecule has 0 atom stereocenters. The molecule has 0 fully saturated rings. The van der Waals surface area contributed by atoms with E-state index in [-0.39, 0.29) is 12.5 Å². The molecule has 4 nitrogen and oxygen atoms in total. The molecule has 100 valence electrons. The Kier molecular flexibility index (Phi) is 5.65. The van der Waals surface area contributed by atoms with Crippen molar-refractivity contribution in [1.29, 1.82) is 0 Å². The monoisotopic (exact) mass is 249 g/mol. The number of para-hydroxylation sites is 1. The van der Waals surface area contributed by atoms with Gasteiger partial charge in [-0.05, 0) is 30.5 Å². The Morgan fingerprint density at radius 3 is 2.56 bits per heavy atom. The number of rotatable bonds is 7. The maximum atomic E-state index is 11.1. The van der Waals surface area contributed by atoms with E-state index in [4.69, 9.17) is 11.5 Å². The molecule has 0 bridgehead atoms. The van der Waals surface area contributed by atoms with Gasteiger partial charge in [0.1, 0.15) is 0 Å². The van der Waals surface area contributed by atoms with Crippen LogP contribution in [0.4, 0.5) is 5.69 Å². The first-order chi connectivity index (χ1) is 8.49. The highest BCUT2D eigenvalue weighted by molar-refractivity contribution is 5.75. The van der Waals surface area contributed by atoms with Gasteiger partial charge in [0.2, 0.25) is 5.91 Å². The molecule has 0 aromatic heterocycles. The zero-order valence-corrected chi connectivity index (χ0v) is 11.2. The van der Waals surface area contributed by atoms with E-state index >= 15 is 0 Å². The maximum Gasteiger partial charge on any atom is 0.231 e. The van der Waals surface area contributed by atoms with Crippen LogP contribution in [0.1, 0.15) is 25.8 Å². The third-order valence-corrected chi connectivity index (χ3v) is 2.85. The number of carbonyl (C=O) groups is 1. The van der Waals surface area contributed by atoms with Gasteiger partial charge in [0.15, 0.2) is 0 Å². The lowest BCUT2D eigenvalue weighted by Gasteiger charge is -2.22. The molecule has 1 amide bonds. The summed E-state index contributed by atoms with van der Waals surface area (Å²) in [5.74, 6) is 0.307. The molecular weight excluding hydrogens is 226 g/mol. The van der Waals surface area contributed by atoms with Crippen LogP contribution in [-0.2, 0) is 11.3 Å². The second-order valence-corrected chi connectivity index (χ2v) is 5.06. The van der Waals surface area contributed by atoms with Crippen molar-refractivity contribution in [3.05, 3.63) is 29.8 Å². The zero-order valence-electron chi connectivity index (χ0n) is 11.2. The molecular formula is C14H23N3O. The number of hydrogen-bond donors (Lipinski definition) is 2. The van der Waals surface area contributed by atoms with Gasteiger partial charge in [0.25, 0.3) is 0 Å². The highest BCUT2D eigenvalue weighted by Gasteiger charge is 2.11. The van der Waals surface area contributed by atoms with Crippen LogP contribution in [0.3, 0.4) is 0 Å². The van der Waals surface area contributed by atoms with Crippen molar-refractivity contribution in [3.8, 4) is 0 Å². The predicted molar refractivity (Wildman–Crippen MR) is 74.8 cm³/mol. The predicted octanol–water partition coefficient (Wildman–Crippen LogP) is 1.60. The minimum Gasteiger partial charge on any atom is -0.398 e. The second kappa shape index (κ2) is 7.01. The van der Waals surface area contributed by atoms with Gasteiger partial charge in [0.05, 0.1) is 6.54 Å². The molecule has 1 aromatic carbocycles. The number of nitrogens with zero attached hydrogens (tertiary/aromatic N) is 1. The first-order valence-electron chi connectivity index (χ1n) is 6.33. The molecule has 4 heteroatoms. The maximum absolute atomic E-state index is 11.1. The molecule has 18 heavy (non-hydrogen) atoms. The van der Waals surface area contributed by atoms with Crippen LogP contribution in [0.25, 0.3) is 0 Å². The summed E-state index contributed by atoms with van der Waals surface area (Å²) in [6, 6.07) is 7.72. The first kappa shape index (κ1) is 14.5. The Hall–Kier alpha value is -1.55. The molecule has 0 spiro atoms. The Morgan fingerprint density at radius 1 is 1.33 bits per heavy atom. The van der Waals surface area contributed by atoms with Gasteiger partial charge < -0.3 is 11.5 Å². The minimum atomic E-state index is -0.298. The number of nitrogen functional groups attached to an aromatic ring is 1. The average molecular weight is 249 g/mol. The van der Waals surface area contributed by atoms with Crippen LogP contribution in [0.5, 0.6) is 0 Å². The summed E-state index contributed by atoms with van der Waals surface area (Å²) in [5.41, 5.74) is 13.0. The number of amides is 1. The van der Waals surface area contributed by atoms with Crippen molar-refractivity contribution in [2.45, 2.75) is 26.8 Å². The third kappa shape index (κ3) is 5.19. The third-order valence-electron chi connectivity index (χ3n) is 2.85. The molecule has 0 radical (unpaired) electrons. The summed E-state index contributed by atoms with van der Waals surface area (Å²) in [6.45, 7) is 6.14. The summed E-state index contributed by atoms with van der Waals surface area (Å²) in [4.78, 5) is 13.1. The molecule has 0 saturated heterocycles. The van der Waals surface area contributed by atoms with E-state index in [1.54, 1.807) is 0 Å². The van der Waals surface area contributed by atoms with E-state index in [2.05, 4.69) is 13.8 Å². The van der Waals surface area contributed by atoms with E-state index in [0.717, 1.165) is 24.2 Å². The van der Waals surface area contributed by atoms with E-state index in [9.17, 15) is 4.79 Å². The lowest BCUT2D eigenvalue weighted by atomic mass is 10.1. The fourth-order valence-corrected chi connectivity index (χ4v) is 1.79. The molecule has 0 aliphatic rings. The van der Waals surface area contributed by atoms with Crippen molar-refractivity contribution >= 4 is 11.6 Å². The zero-order chi connectivity index (χ0) is 13.5. The van der Waals surface area contributed by atoms with Crippen molar-refractivity contribution < 1.29 is 4.79 Å². The van der Waals surface area contributed by atoms with Crippen LogP contribution in [0, 0.1) is 5.92 Å². The van der Waals surface area contributed by atoms with Gasteiger partial charge in [-0.15, -0.1) is 0 Å². The number of anilines is 1. The fourth-order valence-electron chi connectivity index (χ4n) is 1.79. The molecule has 0 aliphatic heterocycles. The number of nitrogens with two attached hydrogens (primary N) is 2. The summed E-state index contributed by atoms with van der Waals surface area (Å²) >= 11 is 0. The summed E-state index contributed by atoms with van der Waals surface area (Å²) in [7, 11) is 0. The number of benzene rings is 1. The highest BCUT2D eigenvalue weighted by atomic mass is 16.1.